The fourth-order valence-electron chi connectivity index (χ4n) is 4.20. The third-order valence-corrected chi connectivity index (χ3v) is 7.69. The highest BCUT2D eigenvalue weighted by atomic mass is 32.2. The van der Waals surface area contributed by atoms with E-state index in [9.17, 15) is 8.42 Å². The molecule has 0 amide bonds. The number of hydrogen-bond acceptors (Lipinski definition) is 4. The van der Waals surface area contributed by atoms with Crippen molar-refractivity contribution in [2.45, 2.75) is 25.3 Å². The molecule has 0 radical (unpaired) electrons. The average Bonchev–Trinajstić information content (AvgIpc) is 3.41. The second-order valence-electron chi connectivity index (χ2n) is 8.20. The molecule has 2 aromatic carbocycles. The van der Waals surface area contributed by atoms with E-state index in [0.717, 1.165) is 26.1 Å². The van der Waals surface area contributed by atoms with Crippen LogP contribution in [0.25, 0.3) is 0 Å². The number of nitrogens with zero attached hydrogens (tertiary/aromatic N) is 2. The normalized spacial score (nSPS) is 23.7. The Balaban J connectivity index is 0.000000668. The third kappa shape index (κ3) is 6.77. The van der Waals surface area contributed by atoms with Crippen molar-refractivity contribution in [2.75, 3.05) is 32.7 Å². The Morgan fingerprint density at radius 3 is 2.06 bits per heavy atom. The van der Waals surface area contributed by atoms with Gasteiger partial charge < -0.3 is 15.1 Å². The van der Waals surface area contributed by atoms with Crippen LogP contribution >= 0.6 is 0 Å². The second kappa shape index (κ2) is 10.9. The van der Waals surface area contributed by atoms with Crippen LogP contribution in [0, 0.1) is 5.92 Å². The Kier molecular flexibility index (Phi) is 8.25. The van der Waals surface area contributed by atoms with Crippen LogP contribution in [-0.2, 0) is 16.6 Å². The molecule has 1 saturated heterocycles. The van der Waals surface area contributed by atoms with E-state index in [1.807, 2.05) is 24.3 Å². The van der Waals surface area contributed by atoms with E-state index in [-0.39, 0.29) is 12.0 Å². The molecule has 3 N–H and O–H groups in total. The number of carboxylic acid groups (broad SMARTS) is 2. The first-order chi connectivity index (χ1) is 15.3. The topological polar surface area (TPSA) is 110 Å². The van der Waals surface area contributed by atoms with Gasteiger partial charge in [0.15, 0.2) is 0 Å². The summed E-state index contributed by atoms with van der Waals surface area (Å²) in [6, 6.07) is 20.6. The van der Waals surface area contributed by atoms with E-state index in [1.165, 1.54) is 11.1 Å². The van der Waals surface area contributed by atoms with E-state index < -0.39 is 16.4 Å². The van der Waals surface area contributed by atoms with Crippen LogP contribution in [0.4, 0.5) is 4.79 Å². The van der Waals surface area contributed by atoms with Gasteiger partial charge in [0.1, 0.15) is 0 Å². The molecule has 4 rings (SSSR count). The molecule has 0 spiro atoms. The highest BCUT2D eigenvalue weighted by Gasteiger charge is 2.50. The molecule has 1 saturated carbocycles. The molecule has 8 nitrogen and oxygen atoms in total. The molecule has 1 aliphatic carbocycles. The minimum absolute atomic E-state index is 0.00325. The Morgan fingerprint density at radius 2 is 1.50 bits per heavy atom. The van der Waals surface area contributed by atoms with E-state index in [0.29, 0.717) is 19.0 Å². The number of carbonyl (C=O) groups is 1. The van der Waals surface area contributed by atoms with Crippen molar-refractivity contribution in [3.63, 3.8) is 0 Å². The molecule has 0 aromatic heterocycles. The summed E-state index contributed by atoms with van der Waals surface area (Å²) < 4.78 is 30.2. The van der Waals surface area contributed by atoms with Crippen LogP contribution < -0.4 is 4.72 Å². The molecule has 1 aliphatic heterocycles. The van der Waals surface area contributed by atoms with Crippen LogP contribution in [0.2, 0.25) is 0 Å². The molecule has 2 aromatic rings. The molecule has 32 heavy (non-hydrogen) atoms. The zero-order valence-electron chi connectivity index (χ0n) is 18.2. The van der Waals surface area contributed by atoms with Crippen LogP contribution in [0.15, 0.2) is 60.7 Å². The molecule has 0 unspecified atom stereocenters. The van der Waals surface area contributed by atoms with Crippen LogP contribution in [0.5, 0.6) is 0 Å². The molecule has 9 heteroatoms. The number of piperazine rings is 1. The standard InChI is InChI=1S/C22H29N3O2S.CH2O3/c1-18-21(20-10-6-3-7-11-20)22(18)23-28(26,27)25-16-14-24(15-17-25)13-12-19-8-4-2-5-9-19;2-1(3)4/h2-11,18,21-23H,12-17H2,1H3;(H2,2,3,4)/t18-,21-,22+;/m1./s1. The first-order valence-electron chi connectivity index (χ1n) is 10.8. The molecule has 0 bridgehead atoms. The average molecular weight is 462 g/mol. The van der Waals surface area contributed by atoms with Gasteiger partial charge in [-0.1, -0.05) is 67.6 Å². The SMILES string of the molecule is C[C@H]1[C@H](NS(=O)(=O)N2CCN(CCc3ccccc3)CC2)[C@H]1c1ccccc1.O=C(O)O. The van der Waals surface area contributed by atoms with Crippen molar-refractivity contribution >= 4 is 16.4 Å². The summed E-state index contributed by atoms with van der Waals surface area (Å²) in [6.45, 7) is 5.78. The monoisotopic (exact) mass is 461 g/mol. The smallest absolute Gasteiger partial charge is 0.450 e. The summed E-state index contributed by atoms with van der Waals surface area (Å²) in [5.41, 5.74) is 2.54. The van der Waals surface area contributed by atoms with Crippen LogP contribution in [-0.4, -0.2) is 72.8 Å². The van der Waals surface area contributed by atoms with Gasteiger partial charge in [-0.25, -0.2) is 4.79 Å². The molecule has 2 aliphatic rings. The van der Waals surface area contributed by atoms with Gasteiger partial charge in [0.25, 0.3) is 10.2 Å². The maximum atomic E-state index is 12.8. The maximum Gasteiger partial charge on any atom is 0.503 e. The van der Waals surface area contributed by atoms with Crippen LogP contribution in [0.3, 0.4) is 0 Å². The van der Waals surface area contributed by atoms with E-state index in [2.05, 4.69) is 52.9 Å². The largest absolute Gasteiger partial charge is 0.503 e. The van der Waals surface area contributed by atoms with Crippen molar-refractivity contribution in [1.29, 1.82) is 0 Å². The molecule has 2 fully saturated rings. The van der Waals surface area contributed by atoms with Gasteiger partial charge in [0.2, 0.25) is 0 Å². The fourth-order valence-corrected chi connectivity index (χ4v) is 5.70. The first kappa shape index (κ1) is 24.2. The van der Waals surface area contributed by atoms with Gasteiger partial charge in [0, 0.05) is 44.7 Å². The van der Waals surface area contributed by atoms with E-state index in [1.54, 1.807) is 4.31 Å². The summed E-state index contributed by atoms with van der Waals surface area (Å²) in [4.78, 5) is 10.9. The lowest BCUT2D eigenvalue weighted by atomic mass is 10.1. The third-order valence-electron chi connectivity index (χ3n) is 6.08. The zero-order valence-corrected chi connectivity index (χ0v) is 19.0. The van der Waals surface area contributed by atoms with E-state index in [4.69, 9.17) is 15.0 Å². The first-order valence-corrected chi connectivity index (χ1v) is 12.2. The number of hydrogen-bond donors (Lipinski definition) is 3. The molecule has 1 heterocycles. The molecular formula is C23H31N3O5S. The molecule has 3 atom stereocenters. The Bertz CT molecular complexity index is 960. The highest BCUT2D eigenvalue weighted by molar-refractivity contribution is 7.87. The van der Waals surface area contributed by atoms with Gasteiger partial charge in [-0.3, -0.25) is 0 Å². The summed E-state index contributed by atoms with van der Waals surface area (Å²) >= 11 is 0. The van der Waals surface area contributed by atoms with E-state index >= 15 is 0 Å². The molecular weight excluding hydrogens is 430 g/mol. The molecule has 174 valence electrons. The summed E-state index contributed by atoms with van der Waals surface area (Å²) in [7, 11) is -3.43. The quantitative estimate of drug-likeness (QED) is 0.585. The van der Waals surface area contributed by atoms with Gasteiger partial charge in [-0.2, -0.15) is 17.4 Å². The Labute approximate surface area is 189 Å². The number of rotatable bonds is 7. The van der Waals surface area contributed by atoms with Crippen molar-refractivity contribution < 1.29 is 23.4 Å². The Hall–Kier alpha value is -2.46. The number of benzene rings is 2. The van der Waals surface area contributed by atoms with Crippen molar-refractivity contribution in [1.82, 2.24) is 13.9 Å². The highest BCUT2D eigenvalue weighted by Crippen LogP contribution is 2.47. The maximum absolute atomic E-state index is 12.8. The fraction of sp³-hybridized carbons (Fsp3) is 0.435. The van der Waals surface area contributed by atoms with Crippen molar-refractivity contribution in [2.24, 2.45) is 5.92 Å². The Morgan fingerprint density at radius 1 is 0.969 bits per heavy atom. The van der Waals surface area contributed by atoms with Gasteiger partial charge in [-0.05, 0) is 23.5 Å². The van der Waals surface area contributed by atoms with Crippen molar-refractivity contribution in [3.05, 3.63) is 71.8 Å². The second-order valence-corrected chi connectivity index (χ2v) is 9.91. The lowest BCUT2D eigenvalue weighted by Crippen LogP contribution is -2.52. The predicted octanol–water partition coefficient (Wildman–Crippen LogP) is 2.71. The van der Waals surface area contributed by atoms with Crippen LogP contribution in [0.1, 0.15) is 24.0 Å². The zero-order chi connectivity index (χ0) is 23.1. The van der Waals surface area contributed by atoms with Crippen molar-refractivity contribution in [3.8, 4) is 0 Å². The lowest BCUT2D eigenvalue weighted by molar-refractivity contribution is 0.137. The summed E-state index contributed by atoms with van der Waals surface area (Å²) in [5.74, 6) is 0.618. The minimum Gasteiger partial charge on any atom is -0.450 e. The number of nitrogens with one attached hydrogen (secondary N) is 1. The predicted molar refractivity (Wildman–Crippen MR) is 123 cm³/mol. The summed E-state index contributed by atoms with van der Waals surface area (Å²) in [6.07, 6.45) is -0.829. The van der Waals surface area contributed by atoms with Gasteiger partial charge >= 0.3 is 6.16 Å². The van der Waals surface area contributed by atoms with Gasteiger partial charge in [-0.15, -0.1) is 0 Å². The summed E-state index contributed by atoms with van der Waals surface area (Å²) in [5, 5.41) is 13.9. The lowest BCUT2D eigenvalue weighted by Gasteiger charge is -2.34. The minimum atomic E-state index is -3.43. The van der Waals surface area contributed by atoms with Gasteiger partial charge in [0.05, 0.1) is 0 Å².